The van der Waals surface area contributed by atoms with Crippen LogP contribution in [0.15, 0.2) is 0 Å². The van der Waals surface area contributed by atoms with E-state index in [1.165, 1.54) is 141 Å². The first-order valence-electron chi connectivity index (χ1n) is 22.5. The van der Waals surface area contributed by atoms with E-state index >= 15 is 0 Å². The molecule has 51 heavy (non-hydrogen) atoms. The minimum atomic E-state index is -0.807. The monoisotopic (exact) mass is 726 g/mol. The summed E-state index contributed by atoms with van der Waals surface area (Å²) in [5.41, 5.74) is -1.03. The highest BCUT2D eigenvalue weighted by atomic mass is 16.5. The molecule has 0 aliphatic rings. The molecule has 1 N–H and O–H groups in total. The lowest BCUT2D eigenvalue weighted by Crippen LogP contribution is -2.49. The third kappa shape index (κ3) is 28.4. The molecule has 0 rings (SSSR count). The Labute approximate surface area is 319 Å². The molecule has 0 radical (unpaired) electrons. The number of rotatable bonds is 41. The zero-order valence-corrected chi connectivity index (χ0v) is 35.7. The van der Waals surface area contributed by atoms with Crippen LogP contribution in [0.4, 0.5) is 0 Å². The zero-order chi connectivity index (χ0) is 37.7. The van der Waals surface area contributed by atoms with Gasteiger partial charge in [0.05, 0.1) is 24.9 Å². The molecular weight excluding hydrogens is 634 g/mol. The number of carbonyl (C=O) groups is 1. The first-order chi connectivity index (χ1) is 24.9. The van der Waals surface area contributed by atoms with Gasteiger partial charge in [0.25, 0.3) is 5.91 Å². The van der Waals surface area contributed by atoms with Crippen molar-refractivity contribution in [3.05, 3.63) is 0 Å². The Hall–Kier alpha value is -0.690. The van der Waals surface area contributed by atoms with Crippen LogP contribution in [0.25, 0.3) is 0 Å². The Balaban J connectivity index is 4.55. The quantitative estimate of drug-likeness (QED) is 0.0636. The number of unbranched alkanes of at least 4 members (excludes halogenated alkanes) is 22. The van der Waals surface area contributed by atoms with E-state index in [1.54, 1.807) is 7.11 Å². The molecule has 0 fully saturated rings. The van der Waals surface area contributed by atoms with Crippen molar-refractivity contribution in [3.8, 4) is 0 Å². The maximum Gasteiger partial charge on any atom is 0.252 e. The topological polar surface area (TPSA) is 66.0 Å². The summed E-state index contributed by atoms with van der Waals surface area (Å²) in [4.78, 5) is 13.4. The van der Waals surface area contributed by atoms with E-state index in [9.17, 15) is 4.79 Å². The van der Waals surface area contributed by atoms with Crippen LogP contribution in [0.1, 0.15) is 228 Å². The molecule has 1 amide bonds. The van der Waals surface area contributed by atoms with E-state index in [-0.39, 0.29) is 17.6 Å². The molecule has 0 saturated heterocycles. The third-order valence-corrected chi connectivity index (χ3v) is 11.4. The zero-order valence-electron chi connectivity index (χ0n) is 35.7. The average molecular weight is 726 g/mol. The van der Waals surface area contributed by atoms with Crippen LogP contribution in [0.2, 0.25) is 0 Å². The van der Waals surface area contributed by atoms with Gasteiger partial charge in [-0.2, -0.15) is 0 Å². The van der Waals surface area contributed by atoms with Crippen molar-refractivity contribution in [2.45, 2.75) is 245 Å². The van der Waals surface area contributed by atoms with Gasteiger partial charge in [-0.05, 0) is 51.9 Å². The minimum absolute atomic E-state index is 0.000806. The summed E-state index contributed by atoms with van der Waals surface area (Å²) in [5, 5.41) is 3.20. The number of methoxy groups -OCH3 is 1. The predicted molar refractivity (Wildman–Crippen MR) is 220 cm³/mol. The van der Waals surface area contributed by atoms with Crippen LogP contribution in [0.5, 0.6) is 0 Å². The number of carbonyl (C=O) groups excluding carboxylic acids is 1. The standard InChI is InChI=1S/C45H91NO5/c1-8-13-15-17-19-21-23-25-27-29-31-33-38-49-41-42(50-39-34-32-30-28-26-24-22-20-18-16-14-9-2)35-37-46-43(47)45(11-4,12-5)51-40-36-44(6,10-3)48-7/h42H,8-41H2,1-7H3,(H,46,47). The van der Waals surface area contributed by atoms with E-state index in [0.717, 1.165) is 45.3 Å². The molecule has 0 aromatic carbocycles. The summed E-state index contributed by atoms with van der Waals surface area (Å²) in [6, 6.07) is 0. The van der Waals surface area contributed by atoms with Crippen molar-refractivity contribution in [1.82, 2.24) is 5.32 Å². The fraction of sp³-hybridized carbons (Fsp3) is 0.978. The second kappa shape index (κ2) is 36.3. The molecule has 0 aliphatic carbocycles. The predicted octanol–water partition coefficient (Wildman–Crippen LogP) is 13.1. The van der Waals surface area contributed by atoms with Gasteiger partial charge in [-0.3, -0.25) is 4.79 Å². The van der Waals surface area contributed by atoms with Gasteiger partial charge < -0.3 is 24.3 Å². The van der Waals surface area contributed by atoms with Crippen LogP contribution in [-0.4, -0.2) is 63.3 Å². The molecule has 6 nitrogen and oxygen atoms in total. The van der Waals surface area contributed by atoms with E-state index in [0.29, 0.717) is 32.6 Å². The lowest BCUT2D eigenvalue weighted by atomic mass is 9.94. The molecule has 0 bridgehead atoms. The van der Waals surface area contributed by atoms with Gasteiger partial charge in [0.15, 0.2) is 0 Å². The third-order valence-electron chi connectivity index (χ3n) is 11.4. The fourth-order valence-electron chi connectivity index (χ4n) is 6.90. The highest BCUT2D eigenvalue weighted by Crippen LogP contribution is 2.25. The molecule has 0 aromatic heterocycles. The van der Waals surface area contributed by atoms with Gasteiger partial charge in [-0.15, -0.1) is 0 Å². The minimum Gasteiger partial charge on any atom is -0.379 e. The number of ether oxygens (including phenoxy) is 4. The molecule has 2 unspecified atom stereocenters. The molecule has 6 heteroatoms. The SMILES string of the molecule is CCCCCCCCCCCCCCOCC(CCNC(=O)C(CC)(CC)OCCC(C)(CC)OC)OCCCCCCCCCCCCCC. The normalized spacial score (nSPS) is 13.8. The van der Waals surface area contributed by atoms with E-state index in [2.05, 4.69) is 33.0 Å². The van der Waals surface area contributed by atoms with Crippen molar-refractivity contribution < 1.29 is 23.7 Å². The van der Waals surface area contributed by atoms with E-state index in [4.69, 9.17) is 18.9 Å². The molecular formula is C45H91NO5. The highest BCUT2D eigenvalue weighted by Gasteiger charge is 2.36. The summed E-state index contributed by atoms with van der Waals surface area (Å²) in [6.45, 7) is 16.1. The molecule has 2 atom stereocenters. The highest BCUT2D eigenvalue weighted by molar-refractivity contribution is 5.85. The molecule has 0 spiro atoms. The Morgan fingerprint density at radius 1 is 0.569 bits per heavy atom. The van der Waals surface area contributed by atoms with Gasteiger partial charge in [0, 0.05) is 26.9 Å². The second-order valence-corrected chi connectivity index (χ2v) is 15.7. The number of hydrogen-bond donors (Lipinski definition) is 1. The fourth-order valence-corrected chi connectivity index (χ4v) is 6.90. The van der Waals surface area contributed by atoms with Gasteiger partial charge in [0.2, 0.25) is 0 Å². The summed E-state index contributed by atoms with van der Waals surface area (Å²) in [5.74, 6) is -0.0137. The number of hydrogen-bond acceptors (Lipinski definition) is 5. The molecule has 0 aromatic rings. The van der Waals surface area contributed by atoms with Crippen molar-refractivity contribution in [2.75, 3.05) is 40.1 Å². The van der Waals surface area contributed by atoms with Crippen molar-refractivity contribution in [3.63, 3.8) is 0 Å². The molecule has 0 saturated carbocycles. The first kappa shape index (κ1) is 50.3. The average Bonchev–Trinajstić information content (AvgIpc) is 3.15. The Morgan fingerprint density at radius 3 is 1.41 bits per heavy atom. The smallest absolute Gasteiger partial charge is 0.252 e. The van der Waals surface area contributed by atoms with E-state index in [1.807, 2.05) is 13.8 Å². The van der Waals surface area contributed by atoms with Gasteiger partial charge in [-0.1, -0.05) is 176 Å². The van der Waals surface area contributed by atoms with Crippen molar-refractivity contribution >= 4 is 5.91 Å². The van der Waals surface area contributed by atoms with E-state index < -0.39 is 5.60 Å². The Morgan fingerprint density at radius 2 is 1.00 bits per heavy atom. The maximum absolute atomic E-state index is 13.4. The van der Waals surface area contributed by atoms with Crippen LogP contribution < -0.4 is 5.32 Å². The van der Waals surface area contributed by atoms with Crippen molar-refractivity contribution in [2.24, 2.45) is 0 Å². The largest absolute Gasteiger partial charge is 0.379 e. The summed E-state index contributed by atoms with van der Waals surface area (Å²) >= 11 is 0. The van der Waals surface area contributed by atoms with Crippen molar-refractivity contribution in [1.29, 1.82) is 0 Å². The Bertz CT molecular complexity index is 723. The van der Waals surface area contributed by atoms with Crippen LogP contribution in [0, 0.1) is 0 Å². The van der Waals surface area contributed by atoms with Gasteiger partial charge in [0.1, 0.15) is 5.60 Å². The lowest BCUT2D eigenvalue weighted by Gasteiger charge is -2.33. The summed E-state index contributed by atoms with van der Waals surface area (Å²) in [6.07, 6.45) is 36.0. The van der Waals surface area contributed by atoms with Crippen LogP contribution in [0.3, 0.4) is 0 Å². The number of nitrogens with one attached hydrogen (secondary N) is 1. The van der Waals surface area contributed by atoms with Crippen LogP contribution >= 0.6 is 0 Å². The maximum atomic E-state index is 13.4. The summed E-state index contributed by atoms with van der Waals surface area (Å²) in [7, 11) is 1.75. The Kier molecular flexibility index (Phi) is 35.8. The molecule has 0 aliphatic heterocycles. The van der Waals surface area contributed by atoms with Gasteiger partial charge >= 0.3 is 0 Å². The van der Waals surface area contributed by atoms with Crippen LogP contribution in [-0.2, 0) is 23.7 Å². The van der Waals surface area contributed by atoms with Gasteiger partial charge in [-0.25, -0.2) is 0 Å². The molecule has 306 valence electrons. The second-order valence-electron chi connectivity index (χ2n) is 15.7. The molecule has 0 heterocycles. The summed E-state index contributed by atoms with van der Waals surface area (Å²) < 4.78 is 24.5. The first-order valence-corrected chi connectivity index (χ1v) is 22.5. The lowest BCUT2D eigenvalue weighted by molar-refractivity contribution is -0.151. The number of amides is 1.